The van der Waals surface area contributed by atoms with Crippen molar-refractivity contribution >= 4 is 5.69 Å². The van der Waals surface area contributed by atoms with Crippen LogP contribution in [0.15, 0.2) is 30.3 Å². The fourth-order valence-corrected chi connectivity index (χ4v) is 2.97. The summed E-state index contributed by atoms with van der Waals surface area (Å²) < 4.78 is 0. The third kappa shape index (κ3) is 1.63. The molecular formula is C13H18N2. The van der Waals surface area contributed by atoms with Crippen LogP contribution in [-0.4, -0.2) is 30.1 Å². The SMILES string of the molecule is CN1C2CC(Nc3ccccc3)CC1C2. The van der Waals surface area contributed by atoms with Crippen LogP contribution >= 0.6 is 0 Å². The van der Waals surface area contributed by atoms with Gasteiger partial charge in [0.1, 0.15) is 0 Å². The van der Waals surface area contributed by atoms with E-state index in [1.54, 1.807) is 0 Å². The Kier molecular flexibility index (Phi) is 2.17. The number of benzene rings is 1. The Hall–Kier alpha value is -1.02. The number of para-hydroxylation sites is 1. The van der Waals surface area contributed by atoms with E-state index in [4.69, 9.17) is 0 Å². The number of hydrogen-bond donors (Lipinski definition) is 1. The second-order valence-corrected chi connectivity index (χ2v) is 4.89. The zero-order chi connectivity index (χ0) is 10.3. The van der Waals surface area contributed by atoms with Gasteiger partial charge >= 0.3 is 0 Å². The maximum atomic E-state index is 3.64. The molecule has 0 radical (unpaired) electrons. The Morgan fingerprint density at radius 1 is 1.07 bits per heavy atom. The highest BCUT2D eigenvalue weighted by Crippen LogP contribution is 2.37. The molecule has 1 aromatic carbocycles. The molecule has 1 aromatic rings. The van der Waals surface area contributed by atoms with Crippen molar-refractivity contribution in [3.05, 3.63) is 30.3 Å². The molecule has 1 aliphatic carbocycles. The normalized spacial score (nSPS) is 34.6. The second kappa shape index (κ2) is 3.53. The predicted octanol–water partition coefficient (Wildman–Crippen LogP) is 2.33. The first-order chi connectivity index (χ1) is 7.33. The van der Waals surface area contributed by atoms with Crippen LogP contribution < -0.4 is 5.32 Å². The molecule has 15 heavy (non-hydrogen) atoms. The summed E-state index contributed by atoms with van der Waals surface area (Å²) in [5, 5.41) is 3.64. The minimum atomic E-state index is 0.687. The van der Waals surface area contributed by atoms with Gasteiger partial charge in [-0.15, -0.1) is 0 Å². The molecule has 1 N–H and O–H groups in total. The summed E-state index contributed by atoms with van der Waals surface area (Å²) in [5.74, 6) is 0. The van der Waals surface area contributed by atoms with E-state index >= 15 is 0 Å². The summed E-state index contributed by atoms with van der Waals surface area (Å²) in [7, 11) is 2.26. The van der Waals surface area contributed by atoms with Crippen molar-refractivity contribution in [2.75, 3.05) is 12.4 Å². The van der Waals surface area contributed by atoms with Crippen molar-refractivity contribution in [2.24, 2.45) is 0 Å². The van der Waals surface area contributed by atoms with Gasteiger partial charge in [0, 0.05) is 23.8 Å². The van der Waals surface area contributed by atoms with Gasteiger partial charge in [-0.3, -0.25) is 0 Å². The first kappa shape index (κ1) is 9.22. The number of nitrogens with one attached hydrogen (secondary N) is 1. The lowest BCUT2D eigenvalue weighted by molar-refractivity contribution is -0.00792. The largest absolute Gasteiger partial charge is 0.382 e. The molecule has 2 atom stereocenters. The van der Waals surface area contributed by atoms with Crippen LogP contribution in [-0.2, 0) is 0 Å². The summed E-state index contributed by atoms with van der Waals surface area (Å²) in [6.45, 7) is 0. The van der Waals surface area contributed by atoms with E-state index in [0.29, 0.717) is 6.04 Å². The number of rotatable bonds is 2. The lowest BCUT2D eigenvalue weighted by Gasteiger charge is -2.54. The van der Waals surface area contributed by atoms with E-state index in [2.05, 4.69) is 47.6 Å². The number of nitrogens with zero attached hydrogens (tertiary/aromatic N) is 1. The molecule has 0 aromatic heterocycles. The van der Waals surface area contributed by atoms with Gasteiger partial charge in [0.15, 0.2) is 0 Å². The quantitative estimate of drug-likeness (QED) is 0.792. The molecule has 2 heteroatoms. The standard InChI is InChI=1S/C13H18N2/c1-15-12-7-11(8-13(15)9-12)14-10-5-3-2-4-6-10/h2-6,11-14H,7-9H2,1H3. The first-order valence-corrected chi connectivity index (χ1v) is 5.86. The molecule has 80 valence electrons. The highest BCUT2D eigenvalue weighted by Gasteiger charge is 2.42. The van der Waals surface area contributed by atoms with Crippen LogP contribution in [0.1, 0.15) is 19.3 Å². The van der Waals surface area contributed by atoms with Crippen molar-refractivity contribution in [1.29, 1.82) is 0 Å². The molecule has 1 saturated carbocycles. The molecule has 4 rings (SSSR count). The molecule has 0 spiro atoms. The van der Waals surface area contributed by atoms with Crippen LogP contribution in [0.25, 0.3) is 0 Å². The summed E-state index contributed by atoms with van der Waals surface area (Å²) in [6.07, 6.45) is 4.03. The van der Waals surface area contributed by atoms with Crippen LogP contribution in [0.3, 0.4) is 0 Å². The van der Waals surface area contributed by atoms with E-state index in [9.17, 15) is 0 Å². The van der Waals surface area contributed by atoms with Crippen molar-refractivity contribution in [3.63, 3.8) is 0 Å². The van der Waals surface area contributed by atoms with Gasteiger partial charge in [-0.25, -0.2) is 0 Å². The van der Waals surface area contributed by atoms with Crippen LogP contribution in [0.4, 0.5) is 5.69 Å². The molecule has 3 aliphatic rings. The van der Waals surface area contributed by atoms with Crippen molar-refractivity contribution < 1.29 is 0 Å². The molecule has 2 nitrogen and oxygen atoms in total. The summed E-state index contributed by atoms with van der Waals surface area (Å²) in [5.41, 5.74) is 1.27. The monoisotopic (exact) mass is 202 g/mol. The molecule has 2 bridgehead atoms. The Balaban J connectivity index is 1.62. The molecule has 2 heterocycles. The predicted molar refractivity (Wildman–Crippen MR) is 63.0 cm³/mol. The third-order valence-electron chi connectivity index (χ3n) is 3.95. The van der Waals surface area contributed by atoms with Gasteiger partial charge in [0.05, 0.1) is 0 Å². The zero-order valence-corrected chi connectivity index (χ0v) is 9.19. The molecule has 2 saturated heterocycles. The molecule has 2 unspecified atom stereocenters. The Bertz CT molecular complexity index is 324. The van der Waals surface area contributed by atoms with Gasteiger partial charge < -0.3 is 10.2 Å². The van der Waals surface area contributed by atoms with Crippen LogP contribution in [0, 0.1) is 0 Å². The molecule has 2 aliphatic heterocycles. The number of anilines is 1. The van der Waals surface area contributed by atoms with Gasteiger partial charge in [-0.1, -0.05) is 18.2 Å². The Morgan fingerprint density at radius 2 is 1.73 bits per heavy atom. The summed E-state index contributed by atoms with van der Waals surface area (Å²) >= 11 is 0. The van der Waals surface area contributed by atoms with Crippen molar-refractivity contribution in [1.82, 2.24) is 4.90 Å². The number of hydrogen-bond acceptors (Lipinski definition) is 2. The highest BCUT2D eigenvalue weighted by molar-refractivity contribution is 5.43. The topological polar surface area (TPSA) is 15.3 Å². The average molecular weight is 202 g/mol. The average Bonchev–Trinajstić information content (AvgIpc) is 2.30. The fourth-order valence-electron chi connectivity index (χ4n) is 2.97. The van der Waals surface area contributed by atoms with E-state index in [1.807, 2.05) is 0 Å². The Morgan fingerprint density at radius 3 is 2.33 bits per heavy atom. The summed E-state index contributed by atoms with van der Waals surface area (Å²) in [6, 6.07) is 12.9. The minimum Gasteiger partial charge on any atom is -0.382 e. The lowest BCUT2D eigenvalue weighted by Crippen LogP contribution is -2.61. The van der Waals surface area contributed by atoms with Gasteiger partial charge in [-0.05, 0) is 38.4 Å². The van der Waals surface area contributed by atoms with Crippen molar-refractivity contribution in [3.8, 4) is 0 Å². The van der Waals surface area contributed by atoms with Gasteiger partial charge in [0.2, 0.25) is 0 Å². The fraction of sp³-hybridized carbons (Fsp3) is 0.538. The second-order valence-electron chi connectivity index (χ2n) is 4.89. The smallest absolute Gasteiger partial charge is 0.0342 e. The number of fused-ring (bicyclic) bond motifs is 2. The van der Waals surface area contributed by atoms with E-state index in [-0.39, 0.29) is 0 Å². The zero-order valence-electron chi connectivity index (χ0n) is 9.19. The maximum absolute atomic E-state index is 3.64. The van der Waals surface area contributed by atoms with Crippen molar-refractivity contribution in [2.45, 2.75) is 37.4 Å². The first-order valence-electron chi connectivity index (χ1n) is 5.86. The van der Waals surface area contributed by atoms with E-state index < -0.39 is 0 Å². The van der Waals surface area contributed by atoms with Gasteiger partial charge in [-0.2, -0.15) is 0 Å². The Labute approximate surface area is 91.3 Å². The molecule has 0 amide bonds. The maximum Gasteiger partial charge on any atom is 0.0342 e. The number of piperidine rings is 1. The third-order valence-corrected chi connectivity index (χ3v) is 3.95. The summed E-state index contributed by atoms with van der Waals surface area (Å²) in [4.78, 5) is 2.53. The minimum absolute atomic E-state index is 0.687. The van der Waals surface area contributed by atoms with Crippen LogP contribution in [0.2, 0.25) is 0 Å². The lowest BCUT2D eigenvalue weighted by atomic mass is 9.77. The van der Waals surface area contributed by atoms with E-state index in [0.717, 1.165) is 12.1 Å². The highest BCUT2D eigenvalue weighted by atomic mass is 15.2. The molecule has 3 fully saturated rings. The van der Waals surface area contributed by atoms with E-state index in [1.165, 1.54) is 24.9 Å². The van der Waals surface area contributed by atoms with Crippen LogP contribution in [0.5, 0.6) is 0 Å². The van der Waals surface area contributed by atoms with Gasteiger partial charge in [0.25, 0.3) is 0 Å². The molecular weight excluding hydrogens is 184 g/mol.